The molecule has 0 spiro atoms. The van der Waals surface area contributed by atoms with Crippen LogP contribution in [-0.4, -0.2) is 47.1 Å². The van der Waals surface area contributed by atoms with Crippen LogP contribution in [0.5, 0.6) is 28.7 Å². The van der Waals surface area contributed by atoms with Crippen LogP contribution in [0, 0.1) is 0 Å². The van der Waals surface area contributed by atoms with E-state index in [0.717, 1.165) is 24.3 Å². The van der Waals surface area contributed by atoms with Gasteiger partial charge in [-0.15, -0.1) is 0 Å². The fourth-order valence-electron chi connectivity index (χ4n) is 2.63. The van der Waals surface area contributed by atoms with E-state index in [1.54, 1.807) is 0 Å². The lowest BCUT2D eigenvalue weighted by Gasteiger charge is -2.08. The van der Waals surface area contributed by atoms with Crippen LogP contribution in [0.1, 0.15) is 10.4 Å². The molecule has 0 radical (unpaired) electrons. The van der Waals surface area contributed by atoms with Crippen molar-refractivity contribution >= 4 is 16.9 Å². The largest absolute Gasteiger partial charge is 0.508 e. The Morgan fingerprint density at radius 1 is 0.844 bits per heavy atom. The second-order valence-electron chi connectivity index (χ2n) is 6.19. The van der Waals surface area contributed by atoms with Crippen molar-refractivity contribution in [3.05, 3.63) is 70.6 Å². The number of hydrogen-bond donors (Lipinski definition) is 6. The van der Waals surface area contributed by atoms with Gasteiger partial charge in [0.05, 0.1) is 5.56 Å². The second kappa shape index (κ2) is 9.36. The van der Waals surface area contributed by atoms with Gasteiger partial charge in [0.1, 0.15) is 22.5 Å². The standard InChI is InChI=1S/C15H10O7.C6H5NO2.H2O/c16-7-4-10(19)12-11(5-7)22-15(14(21)13(12)20)6-1-2-8(17)9(18)3-6;8-6(9)5-1-3-7-4-2-5;/h1-5,16-19,21H;1-4H,(H,8,9);1H2. The minimum Gasteiger partial charge on any atom is -0.508 e. The first-order chi connectivity index (χ1) is 14.7. The number of phenolic OH excluding ortho intramolecular Hbond substituents is 4. The molecule has 0 aliphatic heterocycles. The lowest BCUT2D eigenvalue weighted by Crippen LogP contribution is -2.02. The Balaban J connectivity index is 0.000000307. The summed E-state index contributed by atoms with van der Waals surface area (Å²) in [5.41, 5.74) is -0.621. The SMILES string of the molecule is O.O=C(O)c1ccncc1.O=c1c(O)c(-c2ccc(O)c(O)c2)oc2cc(O)cc(O)c12. The number of aromatic nitrogens is 1. The highest BCUT2D eigenvalue weighted by Gasteiger charge is 2.19. The van der Waals surface area contributed by atoms with E-state index < -0.39 is 28.6 Å². The highest BCUT2D eigenvalue weighted by molar-refractivity contribution is 5.88. The molecular formula is C21H17NO10. The van der Waals surface area contributed by atoms with Gasteiger partial charge in [-0.3, -0.25) is 9.78 Å². The first-order valence-electron chi connectivity index (χ1n) is 8.56. The van der Waals surface area contributed by atoms with E-state index in [0.29, 0.717) is 0 Å². The Hall–Kier alpha value is -4.77. The van der Waals surface area contributed by atoms with Gasteiger partial charge in [0.25, 0.3) is 0 Å². The number of rotatable bonds is 2. The van der Waals surface area contributed by atoms with Gasteiger partial charge < -0.3 is 40.5 Å². The minimum atomic E-state index is -0.919. The van der Waals surface area contributed by atoms with Gasteiger partial charge in [0, 0.05) is 30.1 Å². The van der Waals surface area contributed by atoms with Crippen LogP contribution in [0.2, 0.25) is 0 Å². The topological polar surface area (TPSA) is 213 Å². The smallest absolute Gasteiger partial charge is 0.335 e. The molecule has 0 unspecified atom stereocenters. The molecule has 2 aromatic heterocycles. The summed E-state index contributed by atoms with van der Waals surface area (Å²) in [6.45, 7) is 0. The average Bonchev–Trinajstić information content (AvgIpc) is 2.73. The number of carboxylic acids is 1. The molecule has 32 heavy (non-hydrogen) atoms. The van der Waals surface area contributed by atoms with Gasteiger partial charge in [-0.05, 0) is 30.3 Å². The highest BCUT2D eigenvalue weighted by atomic mass is 16.4. The fraction of sp³-hybridized carbons (Fsp3) is 0. The summed E-state index contributed by atoms with van der Waals surface area (Å²) in [5.74, 6) is -3.63. The van der Waals surface area contributed by atoms with Crippen LogP contribution in [0.15, 0.2) is 64.1 Å². The van der Waals surface area contributed by atoms with E-state index in [1.165, 1.54) is 30.6 Å². The summed E-state index contributed by atoms with van der Waals surface area (Å²) in [4.78, 5) is 26.0. The zero-order chi connectivity index (χ0) is 22.7. The first kappa shape index (κ1) is 23.5. The van der Waals surface area contributed by atoms with Crippen LogP contribution >= 0.6 is 0 Å². The van der Waals surface area contributed by atoms with Crippen LogP contribution in [0.4, 0.5) is 0 Å². The van der Waals surface area contributed by atoms with Crippen molar-refractivity contribution in [2.45, 2.75) is 0 Å². The number of carbonyl (C=O) groups is 1. The monoisotopic (exact) mass is 443 g/mol. The molecule has 2 aromatic carbocycles. The van der Waals surface area contributed by atoms with Gasteiger partial charge in [-0.2, -0.15) is 0 Å². The molecule has 0 fully saturated rings. The van der Waals surface area contributed by atoms with Crippen molar-refractivity contribution < 1.29 is 45.3 Å². The van der Waals surface area contributed by atoms with Gasteiger partial charge >= 0.3 is 5.97 Å². The molecule has 0 amide bonds. The van der Waals surface area contributed by atoms with Crippen LogP contribution in [0.25, 0.3) is 22.3 Å². The van der Waals surface area contributed by atoms with Crippen LogP contribution in [-0.2, 0) is 0 Å². The number of aromatic hydroxyl groups is 5. The Bertz CT molecular complexity index is 1330. The summed E-state index contributed by atoms with van der Waals surface area (Å²) < 4.78 is 5.35. The molecule has 4 rings (SSSR count). The van der Waals surface area contributed by atoms with E-state index in [-0.39, 0.29) is 44.8 Å². The number of pyridine rings is 1. The maximum atomic E-state index is 12.1. The molecule has 11 nitrogen and oxygen atoms in total. The molecule has 166 valence electrons. The predicted octanol–water partition coefficient (Wildman–Crippen LogP) is 1.94. The predicted molar refractivity (Wildman–Crippen MR) is 111 cm³/mol. The van der Waals surface area contributed by atoms with Gasteiger partial charge in [-0.25, -0.2) is 4.79 Å². The van der Waals surface area contributed by atoms with E-state index in [4.69, 9.17) is 9.52 Å². The molecule has 8 N–H and O–H groups in total. The third kappa shape index (κ3) is 4.68. The van der Waals surface area contributed by atoms with E-state index >= 15 is 0 Å². The third-order valence-corrected chi connectivity index (χ3v) is 4.10. The number of carboxylic acid groups (broad SMARTS) is 1. The Morgan fingerprint density at radius 2 is 1.50 bits per heavy atom. The number of nitrogens with zero attached hydrogens (tertiary/aromatic N) is 1. The number of benzene rings is 2. The second-order valence-corrected chi connectivity index (χ2v) is 6.19. The molecule has 0 saturated carbocycles. The Morgan fingerprint density at radius 3 is 2.06 bits per heavy atom. The first-order valence-corrected chi connectivity index (χ1v) is 8.56. The van der Waals surface area contributed by atoms with Crippen LogP contribution in [0.3, 0.4) is 0 Å². The lowest BCUT2D eigenvalue weighted by atomic mass is 10.1. The highest BCUT2D eigenvalue weighted by Crippen LogP contribution is 2.37. The quantitative estimate of drug-likeness (QED) is 0.248. The molecule has 0 bridgehead atoms. The fourth-order valence-corrected chi connectivity index (χ4v) is 2.63. The maximum absolute atomic E-state index is 12.1. The number of hydrogen-bond acceptors (Lipinski definition) is 9. The van der Waals surface area contributed by atoms with E-state index in [9.17, 15) is 35.1 Å². The number of phenols is 4. The molecule has 0 atom stereocenters. The summed E-state index contributed by atoms with van der Waals surface area (Å²) in [7, 11) is 0. The molecule has 0 saturated heterocycles. The lowest BCUT2D eigenvalue weighted by molar-refractivity contribution is 0.0696. The molecular weight excluding hydrogens is 426 g/mol. The van der Waals surface area contributed by atoms with Crippen LogP contribution < -0.4 is 5.43 Å². The zero-order valence-electron chi connectivity index (χ0n) is 16.1. The molecule has 11 heteroatoms. The van der Waals surface area contributed by atoms with Crippen molar-refractivity contribution in [2.24, 2.45) is 0 Å². The van der Waals surface area contributed by atoms with Crippen molar-refractivity contribution in [1.82, 2.24) is 4.98 Å². The molecule has 0 aliphatic carbocycles. The Kier molecular flexibility index (Phi) is 6.88. The summed E-state index contributed by atoms with van der Waals surface area (Å²) in [5, 5.41) is 56.0. The van der Waals surface area contributed by atoms with Crippen molar-refractivity contribution in [3.63, 3.8) is 0 Å². The molecule has 2 heterocycles. The van der Waals surface area contributed by atoms with Crippen molar-refractivity contribution in [1.29, 1.82) is 0 Å². The van der Waals surface area contributed by atoms with E-state index in [1.807, 2.05) is 0 Å². The van der Waals surface area contributed by atoms with Gasteiger partial charge in [0.2, 0.25) is 11.2 Å². The third-order valence-electron chi connectivity index (χ3n) is 4.10. The number of aromatic carboxylic acids is 1. The van der Waals surface area contributed by atoms with Crippen molar-refractivity contribution in [3.8, 4) is 40.1 Å². The zero-order valence-corrected chi connectivity index (χ0v) is 16.1. The minimum absolute atomic E-state index is 0. The van der Waals surface area contributed by atoms with Gasteiger partial charge in [-0.1, -0.05) is 0 Å². The normalized spacial score (nSPS) is 10.0. The Labute approximate surface area is 178 Å². The summed E-state index contributed by atoms with van der Waals surface area (Å²) >= 11 is 0. The van der Waals surface area contributed by atoms with Crippen molar-refractivity contribution in [2.75, 3.05) is 0 Å². The molecule has 4 aromatic rings. The van der Waals surface area contributed by atoms with E-state index in [2.05, 4.69) is 4.98 Å². The summed E-state index contributed by atoms with van der Waals surface area (Å²) in [6, 6.07) is 8.53. The summed E-state index contributed by atoms with van der Waals surface area (Å²) in [6.07, 6.45) is 2.90. The maximum Gasteiger partial charge on any atom is 0.335 e. The van der Waals surface area contributed by atoms with Gasteiger partial charge in [0.15, 0.2) is 17.3 Å². The average molecular weight is 443 g/mol. The molecule has 0 aliphatic rings. The number of fused-ring (bicyclic) bond motifs is 1.